The Bertz CT molecular complexity index is 747. The van der Waals surface area contributed by atoms with Gasteiger partial charge in [-0.1, -0.05) is 24.3 Å². The maximum atomic E-state index is 13.1. The normalized spacial score (nSPS) is 10.4. The van der Waals surface area contributed by atoms with E-state index in [-0.39, 0.29) is 30.9 Å². The average Bonchev–Trinajstić information content (AvgIpc) is 2.54. The van der Waals surface area contributed by atoms with E-state index in [1.165, 1.54) is 18.2 Å². The van der Waals surface area contributed by atoms with E-state index in [9.17, 15) is 14.0 Å². The van der Waals surface area contributed by atoms with Crippen LogP contribution in [0.4, 0.5) is 10.1 Å². The third-order valence-corrected chi connectivity index (χ3v) is 3.22. The summed E-state index contributed by atoms with van der Waals surface area (Å²) >= 11 is 0. The molecular weight excluding hydrogens is 323 g/mol. The maximum absolute atomic E-state index is 13.1. The number of ether oxygens (including phenoxy) is 1. The summed E-state index contributed by atoms with van der Waals surface area (Å²) < 4.78 is 18.7. The molecule has 0 aliphatic rings. The standard InChI is InChI=1S/C19H21FN2O3/c1-13(2)25-17-9-4-3-8-16(17)22-19(24)12-21-18(23)11-14-6-5-7-15(20)10-14/h3-10,13H,11-12H2,1-2H3,(H,21,23)(H,22,24). The van der Waals surface area contributed by atoms with Crippen molar-refractivity contribution in [2.24, 2.45) is 0 Å². The number of nitrogens with one attached hydrogen (secondary N) is 2. The van der Waals surface area contributed by atoms with Gasteiger partial charge in [0.15, 0.2) is 0 Å². The molecule has 2 aromatic rings. The number of benzene rings is 2. The topological polar surface area (TPSA) is 67.4 Å². The third kappa shape index (κ3) is 6.25. The van der Waals surface area contributed by atoms with Crippen LogP contribution in [0.5, 0.6) is 5.75 Å². The largest absolute Gasteiger partial charge is 0.489 e. The molecule has 0 saturated carbocycles. The van der Waals surface area contributed by atoms with Gasteiger partial charge in [0.05, 0.1) is 24.8 Å². The summed E-state index contributed by atoms with van der Waals surface area (Å²) in [5.74, 6) is -0.554. The van der Waals surface area contributed by atoms with Crippen LogP contribution in [-0.4, -0.2) is 24.5 Å². The molecule has 2 rings (SSSR count). The first-order valence-corrected chi connectivity index (χ1v) is 8.00. The highest BCUT2D eigenvalue weighted by Crippen LogP contribution is 2.24. The van der Waals surface area contributed by atoms with Crippen LogP contribution in [0.25, 0.3) is 0 Å². The summed E-state index contributed by atoms with van der Waals surface area (Å²) in [5.41, 5.74) is 1.09. The molecule has 2 aromatic carbocycles. The number of carbonyl (C=O) groups excluding carboxylic acids is 2. The molecule has 2 N–H and O–H groups in total. The Morgan fingerprint density at radius 2 is 1.84 bits per heavy atom. The summed E-state index contributed by atoms with van der Waals surface area (Å²) in [6, 6.07) is 12.9. The second-order valence-electron chi connectivity index (χ2n) is 5.79. The molecule has 132 valence electrons. The molecule has 5 nitrogen and oxygen atoms in total. The number of para-hydroxylation sites is 2. The Morgan fingerprint density at radius 3 is 2.56 bits per heavy atom. The fraction of sp³-hybridized carbons (Fsp3) is 0.263. The summed E-state index contributed by atoms with van der Waals surface area (Å²) in [5, 5.41) is 5.22. The van der Waals surface area contributed by atoms with Crippen LogP contribution >= 0.6 is 0 Å². The first-order chi connectivity index (χ1) is 11.9. The summed E-state index contributed by atoms with van der Waals surface area (Å²) in [4.78, 5) is 23.9. The van der Waals surface area contributed by atoms with Gasteiger partial charge in [0.25, 0.3) is 0 Å². The number of carbonyl (C=O) groups is 2. The molecule has 0 saturated heterocycles. The zero-order chi connectivity index (χ0) is 18.2. The van der Waals surface area contributed by atoms with Crippen LogP contribution in [0.3, 0.4) is 0 Å². The van der Waals surface area contributed by atoms with Crippen LogP contribution in [0.2, 0.25) is 0 Å². The van der Waals surface area contributed by atoms with E-state index in [1.807, 2.05) is 19.9 Å². The summed E-state index contributed by atoms with van der Waals surface area (Å²) in [6.07, 6.45) is -0.0121. The number of amides is 2. The molecule has 0 unspecified atom stereocenters. The predicted molar refractivity (Wildman–Crippen MR) is 93.9 cm³/mol. The van der Waals surface area contributed by atoms with Crippen molar-refractivity contribution in [2.75, 3.05) is 11.9 Å². The fourth-order valence-electron chi connectivity index (χ4n) is 2.19. The second kappa shape index (κ2) is 8.82. The van der Waals surface area contributed by atoms with Crippen LogP contribution in [0, 0.1) is 5.82 Å². The quantitative estimate of drug-likeness (QED) is 0.811. The monoisotopic (exact) mass is 344 g/mol. The van der Waals surface area contributed by atoms with Gasteiger partial charge >= 0.3 is 0 Å². The van der Waals surface area contributed by atoms with Gasteiger partial charge in [0.2, 0.25) is 11.8 Å². The van der Waals surface area contributed by atoms with E-state index in [4.69, 9.17) is 4.74 Å². The zero-order valence-corrected chi connectivity index (χ0v) is 14.2. The highest BCUT2D eigenvalue weighted by molar-refractivity contribution is 5.95. The van der Waals surface area contributed by atoms with E-state index < -0.39 is 5.82 Å². The van der Waals surface area contributed by atoms with Crippen molar-refractivity contribution in [3.8, 4) is 5.75 Å². The minimum Gasteiger partial charge on any atom is -0.489 e. The van der Waals surface area contributed by atoms with E-state index in [0.717, 1.165) is 0 Å². The lowest BCUT2D eigenvalue weighted by molar-refractivity contribution is -0.123. The van der Waals surface area contributed by atoms with Gasteiger partial charge in [-0.15, -0.1) is 0 Å². The molecule has 0 aliphatic carbocycles. The molecule has 0 fully saturated rings. The Balaban J connectivity index is 1.85. The minimum absolute atomic E-state index is 0.0120. The van der Waals surface area contributed by atoms with Gasteiger partial charge in [0.1, 0.15) is 11.6 Å². The first-order valence-electron chi connectivity index (χ1n) is 8.00. The van der Waals surface area contributed by atoms with Gasteiger partial charge in [0, 0.05) is 0 Å². The van der Waals surface area contributed by atoms with Gasteiger partial charge in [-0.3, -0.25) is 9.59 Å². The van der Waals surface area contributed by atoms with Crippen molar-refractivity contribution >= 4 is 17.5 Å². The number of hydrogen-bond acceptors (Lipinski definition) is 3. The molecule has 0 heterocycles. The Kier molecular flexibility index (Phi) is 6.51. The van der Waals surface area contributed by atoms with Crippen LogP contribution in [0.1, 0.15) is 19.4 Å². The van der Waals surface area contributed by atoms with Gasteiger partial charge in [-0.05, 0) is 43.7 Å². The van der Waals surface area contributed by atoms with Gasteiger partial charge in [-0.2, -0.15) is 0 Å². The van der Waals surface area contributed by atoms with Crippen LogP contribution in [-0.2, 0) is 16.0 Å². The highest BCUT2D eigenvalue weighted by atomic mass is 19.1. The highest BCUT2D eigenvalue weighted by Gasteiger charge is 2.10. The zero-order valence-electron chi connectivity index (χ0n) is 14.2. The molecular formula is C19H21FN2O3. The molecule has 0 aliphatic heterocycles. The lowest BCUT2D eigenvalue weighted by Gasteiger charge is -2.15. The van der Waals surface area contributed by atoms with Gasteiger partial charge in [-0.25, -0.2) is 4.39 Å². The molecule has 0 atom stereocenters. The Labute approximate surface area is 146 Å². The number of hydrogen-bond donors (Lipinski definition) is 2. The average molecular weight is 344 g/mol. The van der Waals surface area contributed by atoms with E-state index in [1.54, 1.807) is 24.3 Å². The van der Waals surface area contributed by atoms with Crippen molar-refractivity contribution in [3.63, 3.8) is 0 Å². The van der Waals surface area contributed by atoms with Crippen molar-refractivity contribution in [1.82, 2.24) is 5.32 Å². The lowest BCUT2D eigenvalue weighted by atomic mass is 10.1. The Morgan fingerprint density at radius 1 is 1.08 bits per heavy atom. The molecule has 0 radical (unpaired) electrons. The smallest absolute Gasteiger partial charge is 0.243 e. The molecule has 0 bridgehead atoms. The first kappa shape index (κ1) is 18.4. The summed E-state index contributed by atoms with van der Waals surface area (Å²) in [6.45, 7) is 3.61. The molecule has 0 aromatic heterocycles. The maximum Gasteiger partial charge on any atom is 0.243 e. The minimum atomic E-state index is -0.398. The van der Waals surface area contributed by atoms with Gasteiger partial charge < -0.3 is 15.4 Å². The number of halogens is 1. The molecule has 2 amide bonds. The third-order valence-electron chi connectivity index (χ3n) is 3.22. The van der Waals surface area contributed by atoms with Crippen molar-refractivity contribution in [3.05, 3.63) is 59.9 Å². The molecule has 6 heteroatoms. The van der Waals surface area contributed by atoms with Crippen LogP contribution < -0.4 is 15.4 Å². The van der Waals surface area contributed by atoms with E-state index in [0.29, 0.717) is 17.0 Å². The Hall–Kier alpha value is -2.89. The fourth-order valence-corrected chi connectivity index (χ4v) is 2.19. The number of anilines is 1. The van der Waals surface area contributed by atoms with Crippen molar-refractivity contribution in [1.29, 1.82) is 0 Å². The lowest BCUT2D eigenvalue weighted by Crippen LogP contribution is -2.33. The number of rotatable bonds is 7. The second-order valence-corrected chi connectivity index (χ2v) is 5.79. The summed E-state index contributed by atoms with van der Waals surface area (Å²) in [7, 11) is 0. The van der Waals surface area contributed by atoms with E-state index >= 15 is 0 Å². The van der Waals surface area contributed by atoms with Crippen molar-refractivity contribution < 1.29 is 18.7 Å². The molecule has 25 heavy (non-hydrogen) atoms. The SMILES string of the molecule is CC(C)Oc1ccccc1NC(=O)CNC(=O)Cc1cccc(F)c1. The van der Waals surface area contributed by atoms with Crippen LogP contribution in [0.15, 0.2) is 48.5 Å². The molecule has 0 spiro atoms. The van der Waals surface area contributed by atoms with Crippen molar-refractivity contribution in [2.45, 2.75) is 26.4 Å². The predicted octanol–water partition coefficient (Wildman–Crippen LogP) is 2.91. The van der Waals surface area contributed by atoms with E-state index in [2.05, 4.69) is 10.6 Å².